The molecule has 0 fully saturated rings. The van der Waals surface area contributed by atoms with Crippen molar-refractivity contribution in [1.82, 2.24) is 0 Å². The summed E-state index contributed by atoms with van der Waals surface area (Å²) in [5.41, 5.74) is 14.4. The third kappa shape index (κ3) is 14.1. The Morgan fingerprint density at radius 3 is 1.26 bits per heavy atom. The molecule has 2 atom stereocenters. The van der Waals surface area contributed by atoms with Gasteiger partial charge >= 0.3 is 59.1 Å². The number of phenols is 2. The average molecular weight is 552 g/mol. The van der Waals surface area contributed by atoms with Crippen molar-refractivity contribution in [3.8, 4) is 11.5 Å². The number of aliphatic hydroxyl groups excluding tert-OH is 1. The van der Waals surface area contributed by atoms with Crippen LogP contribution in [0.1, 0.15) is 38.8 Å². The number of phenolic OH excluding ortho intramolecular Hbond substituents is 2. The van der Waals surface area contributed by atoms with E-state index in [9.17, 15) is 19.8 Å². The van der Waals surface area contributed by atoms with E-state index in [2.05, 4.69) is 5.73 Å². The van der Waals surface area contributed by atoms with E-state index in [1.165, 1.54) is 31.3 Å². The monoisotopic (exact) mass is 551 g/mol. The maximum absolute atomic E-state index is 12.2. The Hall–Kier alpha value is -0.560. The summed E-state index contributed by atoms with van der Waals surface area (Å²) >= 11 is 0. The van der Waals surface area contributed by atoms with Crippen LogP contribution in [-0.2, 0) is 20.2 Å². The minimum atomic E-state index is -2.95. The second-order valence-corrected chi connectivity index (χ2v) is 7.84. The van der Waals surface area contributed by atoms with Crippen molar-refractivity contribution in [2.45, 2.75) is 6.92 Å². The summed E-state index contributed by atoms with van der Waals surface area (Å²) < 4.78 is 36.3. The molecular formula is C19H27N3Na2O9S2. The smallest absolute Gasteiger partial charge is 0.763 e. The fraction of sp³-hybridized carbons (Fsp3) is 0.263. The Balaban J connectivity index is -0.000000238. The number of ketones is 2. The van der Waals surface area contributed by atoms with Crippen LogP contribution in [0.2, 0.25) is 0 Å². The molecule has 2 unspecified atom stereocenters. The van der Waals surface area contributed by atoms with E-state index >= 15 is 0 Å². The Morgan fingerprint density at radius 1 is 0.800 bits per heavy atom. The van der Waals surface area contributed by atoms with Gasteiger partial charge in [0, 0.05) is 37.9 Å². The first-order valence-corrected chi connectivity index (χ1v) is 11.8. The van der Waals surface area contributed by atoms with E-state index in [4.69, 9.17) is 34.1 Å². The van der Waals surface area contributed by atoms with Crippen molar-refractivity contribution in [3.63, 3.8) is 0 Å². The van der Waals surface area contributed by atoms with Gasteiger partial charge in [0.05, 0.1) is 17.7 Å². The normalized spacial score (nSPS) is 11.7. The van der Waals surface area contributed by atoms with Gasteiger partial charge in [0.2, 0.25) is 0 Å². The number of rotatable bonds is 2. The van der Waals surface area contributed by atoms with Crippen LogP contribution in [0.15, 0.2) is 36.4 Å². The van der Waals surface area contributed by atoms with E-state index < -0.39 is 31.8 Å². The summed E-state index contributed by atoms with van der Waals surface area (Å²) in [7, 11) is -4.40. The molecule has 186 valence electrons. The van der Waals surface area contributed by atoms with Gasteiger partial charge in [0.15, 0.2) is 11.6 Å². The summed E-state index contributed by atoms with van der Waals surface area (Å²) in [6, 6.07) is 8.76. The first kappa shape index (κ1) is 41.6. The van der Waals surface area contributed by atoms with Gasteiger partial charge in [-0.25, -0.2) is 0 Å². The molecule has 0 spiro atoms. The van der Waals surface area contributed by atoms with Gasteiger partial charge in [0.25, 0.3) is 0 Å². The van der Waals surface area contributed by atoms with Gasteiger partial charge in [-0.2, -0.15) is 0 Å². The third-order valence-corrected chi connectivity index (χ3v) is 4.16. The summed E-state index contributed by atoms with van der Waals surface area (Å²) in [6.07, 6.45) is 0. The predicted octanol–water partition coefficient (Wildman–Crippen LogP) is -6.98. The molecule has 12 nitrogen and oxygen atoms in total. The molecule has 1 aliphatic rings. The van der Waals surface area contributed by atoms with Gasteiger partial charge < -0.3 is 41.6 Å². The van der Waals surface area contributed by atoms with Crippen LogP contribution >= 0.6 is 0 Å². The molecule has 0 saturated heterocycles. The summed E-state index contributed by atoms with van der Waals surface area (Å²) in [4.78, 5) is 24.4. The molecule has 0 saturated carbocycles. The molecule has 2 aromatic carbocycles. The molecule has 0 bridgehead atoms. The minimum absolute atomic E-state index is 0. The number of aliphatic hydroxyl groups is 1. The average Bonchev–Trinajstić information content (AvgIpc) is 2.81. The number of fused-ring (bicyclic) bond motifs is 2. The van der Waals surface area contributed by atoms with Crippen LogP contribution in [0.3, 0.4) is 0 Å². The summed E-state index contributed by atoms with van der Waals surface area (Å²) in [6.45, 7) is 3.12. The van der Waals surface area contributed by atoms with Gasteiger partial charge in [-0.3, -0.25) is 18.0 Å². The standard InChI is InChI=1S/C14H8O4.C2H7NO.C2H7N.CH5N.2Na.H2O4S2/c15-9-5-6-10(16)12-11(9)13(17)7-3-1-2-4-8(7)14(12)18;3-1-2-4;1-2-3;1-2;;;1-5(2)6(3)4/h1-6,15-16H;4H,1-3H2;2-3H2,1H3;2H2,1H3;;;(H,1,2)(H,3,4)/q;;;;2*+1;/p-2. The van der Waals surface area contributed by atoms with Crippen LogP contribution < -0.4 is 76.3 Å². The third-order valence-electron chi connectivity index (χ3n) is 3.27. The Bertz CT molecular complexity index is 893. The predicted molar refractivity (Wildman–Crippen MR) is 122 cm³/mol. The zero-order chi connectivity index (χ0) is 26.1. The van der Waals surface area contributed by atoms with Crippen molar-refractivity contribution < 1.29 is 102 Å². The maximum atomic E-state index is 12.2. The molecular weight excluding hydrogens is 524 g/mol. The van der Waals surface area contributed by atoms with Crippen LogP contribution in [0.25, 0.3) is 0 Å². The van der Waals surface area contributed by atoms with Crippen LogP contribution in [0.4, 0.5) is 0 Å². The first-order valence-electron chi connectivity index (χ1n) is 9.09. The van der Waals surface area contributed by atoms with Crippen molar-refractivity contribution in [1.29, 1.82) is 0 Å². The van der Waals surface area contributed by atoms with Crippen LogP contribution in [0.5, 0.6) is 11.5 Å². The maximum Gasteiger partial charge on any atom is 1.00 e. The number of aromatic hydroxyl groups is 2. The van der Waals surface area contributed by atoms with Crippen LogP contribution in [-0.4, -0.2) is 71.2 Å². The largest absolute Gasteiger partial charge is 1.00 e. The van der Waals surface area contributed by atoms with Crippen molar-refractivity contribution >= 4 is 31.8 Å². The molecule has 0 radical (unpaired) electrons. The fourth-order valence-corrected chi connectivity index (χ4v) is 2.19. The molecule has 16 heteroatoms. The first-order chi connectivity index (χ1) is 15.6. The zero-order valence-corrected chi connectivity index (χ0v) is 25.6. The van der Waals surface area contributed by atoms with E-state index in [1.807, 2.05) is 6.92 Å². The minimum Gasteiger partial charge on any atom is -0.763 e. The molecule has 0 heterocycles. The number of hydrogen-bond acceptors (Lipinski definition) is 12. The number of benzene rings is 2. The van der Waals surface area contributed by atoms with Gasteiger partial charge in [-0.05, 0) is 25.7 Å². The summed E-state index contributed by atoms with van der Waals surface area (Å²) in [5, 5.41) is 27.2. The van der Waals surface area contributed by atoms with Crippen LogP contribution in [0, 0.1) is 0 Å². The number of hydrogen-bond donors (Lipinski definition) is 6. The Morgan fingerprint density at radius 2 is 1.06 bits per heavy atom. The van der Waals surface area contributed by atoms with E-state index in [0.717, 1.165) is 6.54 Å². The SMILES string of the molecule is CCN.CN.NCCO.O=C1c2ccccc2C(=O)c2c(O)ccc(O)c21.O=S([O-])S(=O)[O-].[Na+].[Na+]. The molecule has 0 aromatic heterocycles. The van der Waals surface area contributed by atoms with Gasteiger partial charge in [-0.15, -0.1) is 0 Å². The number of carbonyl (C=O) groups excluding carboxylic acids is 2. The number of nitrogens with two attached hydrogens (primary N) is 3. The molecule has 1 aliphatic carbocycles. The molecule has 3 rings (SSSR count). The van der Waals surface area contributed by atoms with Crippen molar-refractivity contribution in [2.75, 3.05) is 26.7 Å². The van der Waals surface area contributed by atoms with E-state index in [1.54, 1.807) is 12.1 Å². The molecule has 0 amide bonds. The zero-order valence-electron chi connectivity index (χ0n) is 19.9. The second-order valence-electron chi connectivity index (χ2n) is 5.39. The molecule has 2 aromatic rings. The molecule has 9 N–H and O–H groups in total. The Kier molecular flexibility index (Phi) is 28.3. The molecule has 0 aliphatic heterocycles. The quantitative estimate of drug-likeness (QED) is 0.0752. The fourth-order valence-electron chi connectivity index (χ4n) is 2.19. The topological polar surface area (TPSA) is 253 Å². The Labute approximate surface area is 252 Å². The number of carbonyl (C=O) groups is 2. The van der Waals surface area contributed by atoms with E-state index in [0.29, 0.717) is 6.54 Å². The second kappa shape index (κ2) is 23.8. The van der Waals surface area contributed by atoms with E-state index in [-0.39, 0.29) is 99.5 Å². The molecule has 35 heavy (non-hydrogen) atoms. The van der Waals surface area contributed by atoms with Gasteiger partial charge in [0.1, 0.15) is 11.5 Å². The van der Waals surface area contributed by atoms with Crippen molar-refractivity contribution in [2.24, 2.45) is 17.2 Å². The van der Waals surface area contributed by atoms with Crippen molar-refractivity contribution in [3.05, 3.63) is 58.7 Å². The summed E-state index contributed by atoms with van der Waals surface area (Å²) in [5.74, 6) is -1.49. The van der Waals surface area contributed by atoms with Gasteiger partial charge in [-0.1, -0.05) is 31.2 Å².